The van der Waals surface area contributed by atoms with Crippen molar-refractivity contribution in [2.45, 2.75) is 65.3 Å². The smallest absolute Gasteiger partial charge is 0.161 e. The van der Waals surface area contributed by atoms with Crippen LogP contribution in [-0.2, 0) is 9.47 Å². The van der Waals surface area contributed by atoms with Gasteiger partial charge in [-0.05, 0) is 63.5 Å². The van der Waals surface area contributed by atoms with Crippen molar-refractivity contribution in [1.82, 2.24) is 0 Å². The summed E-state index contributed by atoms with van der Waals surface area (Å²) >= 11 is 0. The molecule has 0 saturated carbocycles. The summed E-state index contributed by atoms with van der Waals surface area (Å²) in [5.74, 6) is 1.24. The van der Waals surface area contributed by atoms with E-state index < -0.39 is 6.29 Å². The summed E-state index contributed by atoms with van der Waals surface area (Å²) in [7, 11) is 0. The first kappa shape index (κ1) is 19.8. The molecular weight excluding hydrogens is 318 g/mol. The number of fused-ring (bicyclic) bond motifs is 1. The van der Waals surface area contributed by atoms with Crippen LogP contribution in [0, 0.1) is 17.8 Å². The van der Waals surface area contributed by atoms with E-state index in [1.54, 1.807) is 0 Å². The van der Waals surface area contributed by atoms with Gasteiger partial charge in [0.15, 0.2) is 6.29 Å². The zero-order valence-electron chi connectivity index (χ0n) is 15.8. The number of nitrogens with zero attached hydrogens (tertiary/aromatic N) is 3. The van der Waals surface area contributed by atoms with Gasteiger partial charge in [0.25, 0.3) is 0 Å². The lowest BCUT2D eigenvalue weighted by Crippen LogP contribution is -2.44. The third kappa shape index (κ3) is 5.24. The van der Waals surface area contributed by atoms with E-state index >= 15 is 0 Å². The normalized spacial score (nSPS) is 34.2. The molecule has 2 unspecified atom stereocenters. The van der Waals surface area contributed by atoms with E-state index in [4.69, 9.17) is 15.0 Å². The molecule has 0 radical (unpaired) electrons. The molecule has 1 heterocycles. The molecule has 4 atom stereocenters. The van der Waals surface area contributed by atoms with E-state index in [1.165, 1.54) is 5.57 Å². The second kappa shape index (κ2) is 8.75. The lowest BCUT2D eigenvalue weighted by molar-refractivity contribution is -0.220. The first-order valence-electron chi connectivity index (χ1n) is 9.20. The van der Waals surface area contributed by atoms with Gasteiger partial charge in [-0.25, -0.2) is 0 Å². The summed E-state index contributed by atoms with van der Waals surface area (Å²) in [6.07, 6.45) is 6.87. The molecule has 1 aliphatic heterocycles. The molecule has 2 rings (SSSR count). The summed E-state index contributed by atoms with van der Waals surface area (Å²) in [6.45, 7) is 9.42. The number of aliphatic hydroxyl groups is 1. The van der Waals surface area contributed by atoms with Crippen LogP contribution in [0.4, 0.5) is 0 Å². The number of hydrogen-bond donors (Lipinski definition) is 1. The molecular formula is C19H31N3O3. The van der Waals surface area contributed by atoms with Gasteiger partial charge in [0, 0.05) is 30.4 Å². The molecule has 2 aliphatic rings. The van der Waals surface area contributed by atoms with Gasteiger partial charge in [0.1, 0.15) is 0 Å². The second-order valence-corrected chi connectivity index (χ2v) is 7.74. The molecule has 0 amide bonds. The molecule has 0 fully saturated rings. The number of ether oxygens (including phenoxy) is 2. The zero-order chi connectivity index (χ0) is 18.4. The van der Waals surface area contributed by atoms with Crippen LogP contribution in [0.3, 0.4) is 0 Å². The third-order valence-corrected chi connectivity index (χ3v) is 5.52. The summed E-state index contributed by atoms with van der Waals surface area (Å²) in [5.41, 5.74) is 9.37. The topological polar surface area (TPSA) is 87.5 Å². The summed E-state index contributed by atoms with van der Waals surface area (Å²) < 4.78 is 12.2. The molecule has 0 saturated heterocycles. The van der Waals surface area contributed by atoms with Crippen LogP contribution in [0.25, 0.3) is 10.4 Å². The largest absolute Gasteiger partial charge is 0.512 e. The Balaban J connectivity index is 2.13. The van der Waals surface area contributed by atoms with Gasteiger partial charge in [-0.3, -0.25) is 0 Å². The van der Waals surface area contributed by atoms with Crippen LogP contribution in [0.15, 0.2) is 28.6 Å². The number of hydrogen-bond acceptors (Lipinski definition) is 4. The van der Waals surface area contributed by atoms with Crippen LogP contribution in [0.1, 0.15) is 53.4 Å². The minimum absolute atomic E-state index is 0.111. The van der Waals surface area contributed by atoms with Gasteiger partial charge >= 0.3 is 0 Å². The first-order chi connectivity index (χ1) is 11.8. The van der Waals surface area contributed by atoms with E-state index in [1.807, 2.05) is 6.08 Å². The molecule has 0 aromatic heterocycles. The Morgan fingerprint density at radius 2 is 2.16 bits per heavy atom. The SMILES string of the molecule is CC1=CC[C@@H]2[C@@H](C1)C(C)/C(O)=C\CC(OCCCN=[N+]=[N-])OC2(C)C. The van der Waals surface area contributed by atoms with E-state index in [0.717, 1.165) is 12.8 Å². The number of allylic oxidation sites excluding steroid dienone is 3. The predicted octanol–water partition coefficient (Wildman–Crippen LogP) is 5.28. The fourth-order valence-corrected chi connectivity index (χ4v) is 4.02. The van der Waals surface area contributed by atoms with Crippen LogP contribution in [-0.4, -0.2) is 30.1 Å². The van der Waals surface area contributed by atoms with Crippen LogP contribution < -0.4 is 0 Å². The molecule has 140 valence electrons. The van der Waals surface area contributed by atoms with E-state index in [0.29, 0.717) is 43.6 Å². The fraction of sp³-hybridized carbons (Fsp3) is 0.789. The third-order valence-electron chi connectivity index (χ3n) is 5.52. The highest BCUT2D eigenvalue weighted by Crippen LogP contribution is 2.45. The van der Waals surface area contributed by atoms with E-state index in [2.05, 4.69) is 43.8 Å². The minimum Gasteiger partial charge on any atom is -0.512 e. The van der Waals surface area contributed by atoms with Gasteiger partial charge in [0.05, 0.1) is 11.4 Å². The first-order valence-corrected chi connectivity index (χ1v) is 9.20. The molecule has 6 heteroatoms. The Kier molecular flexibility index (Phi) is 6.94. The molecule has 1 aliphatic carbocycles. The van der Waals surface area contributed by atoms with Crippen molar-refractivity contribution in [2.75, 3.05) is 13.2 Å². The predicted molar refractivity (Wildman–Crippen MR) is 98.0 cm³/mol. The summed E-state index contributed by atoms with van der Waals surface area (Å²) in [5, 5.41) is 14.1. The molecule has 0 aromatic carbocycles. The average molecular weight is 349 g/mol. The minimum atomic E-state index is -0.402. The van der Waals surface area contributed by atoms with Crippen molar-refractivity contribution in [3.05, 3.63) is 33.9 Å². The molecule has 0 aromatic rings. The fourth-order valence-electron chi connectivity index (χ4n) is 4.02. The van der Waals surface area contributed by atoms with Gasteiger partial charge in [-0.2, -0.15) is 0 Å². The lowest BCUT2D eigenvalue weighted by atomic mass is 9.67. The highest BCUT2D eigenvalue weighted by atomic mass is 16.7. The molecule has 0 spiro atoms. The Bertz CT molecular complexity index is 564. The van der Waals surface area contributed by atoms with Crippen LogP contribution >= 0.6 is 0 Å². The van der Waals surface area contributed by atoms with Crippen LogP contribution in [0.2, 0.25) is 0 Å². The van der Waals surface area contributed by atoms with Crippen molar-refractivity contribution in [3.63, 3.8) is 0 Å². The monoisotopic (exact) mass is 349 g/mol. The van der Waals surface area contributed by atoms with Crippen molar-refractivity contribution in [3.8, 4) is 0 Å². The Morgan fingerprint density at radius 3 is 2.88 bits per heavy atom. The van der Waals surface area contributed by atoms with Gasteiger partial charge in [-0.15, -0.1) is 0 Å². The van der Waals surface area contributed by atoms with E-state index in [-0.39, 0.29) is 11.5 Å². The second-order valence-electron chi connectivity index (χ2n) is 7.74. The zero-order valence-corrected chi connectivity index (χ0v) is 15.8. The average Bonchev–Trinajstić information content (AvgIpc) is 2.59. The van der Waals surface area contributed by atoms with Gasteiger partial charge < -0.3 is 14.6 Å². The highest BCUT2D eigenvalue weighted by molar-refractivity contribution is 5.13. The maximum absolute atomic E-state index is 10.5. The summed E-state index contributed by atoms with van der Waals surface area (Å²) in [4.78, 5) is 2.74. The number of aliphatic hydroxyl groups excluding tert-OH is 1. The van der Waals surface area contributed by atoms with Gasteiger partial charge in [-0.1, -0.05) is 23.7 Å². The maximum Gasteiger partial charge on any atom is 0.161 e. The molecule has 6 nitrogen and oxygen atoms in total. The Labute approximate surface area is 150 Å². The standard InChI is InChI=1S/C19H31N3O3/c1-13-6-7-16-15(12-13)14(2)17(23)8-9-18(25-19(16,3)4)24-11-5-10-21-22-20/h6,8,14-16,18,23H,5,7,9-12H2,1-4H3/b17-8+/t14?,15-,16+,18?/m0/s1. The van der Waals surface area contributed by atoms with Gasteiger partial charge in [0.2, 0.25) is 0 Å². The number of azide groups is 1. The molecule has 25 heavy (non-hydrogen) atoms. The number of rotatable bonds is 5. The van der Waals surface area contributed by atoms with Crippen molar-refractivity contribution < 1.29 is 14.6 Å². The van der Waals surface area contributed by atoms with E-state index in [9.17, 15) is 5.11 Å². The van der Waals surface area contributed by atoms with Crippen molar-refractivity contribution in [2.24, 2.45) is 22.9 Å². The molecule has 1 N–H and O–H groups in total. The van der Waals surface area contributed by atoms with Crippen molar-refractivity contribution >= 4 is 0 Å². The highest BCUT2D eigenvalue weighted by Gasteiger charge is 2.43. The Hall–Kier alpha value is -1.49. The quantitative estimate of drug-likeness (QED) is 0.241. The lowest BCUT2D eigenvalue weighted by Gasteiger charge is -2.44. The van der Waals surface area contributed by atoms with Crippen LogP contribution in [0.5, 0.6) is 0 Å². The van der Waals surface area contributed by atoms with Crippen molar-refractivity contribution in [1.29, 1.82) is 0 Å². The molecule has 0 bridgehead atoms. The maximum atomic E-state index is 10.5. The Morgan fingerprint density at radius 1 is 1.40 bits per heavy atom. The summed E-state index contributed by atoms with van der Waals surface area (Å²) in [6, 6.07) is 0.